The molecule has 0 unspecified atom stereocenters. The van der Waals surface area contributed by atoms with Crippen molar-refractivity contribution < 1.29 is 22.8 Å². The summed E-state index contributed by atoms with van der Waals surface area (Å²) in [4.78, 5) is 31.4. The molecule has 168 valence electrons. The van der Waals surface area contributed by atoms with Crippen LogP contribution in [0.25, 0.3) is 0 Å². The average Bonchev–Trinajstić information content (AvgIpc) is 3.03. The van der Waals surface area contributed by atoms with Gasteiger partial charge < -0.3 is 10.6 Å². The Kier molecular flexibility index (Phi) is 7.07. The first-order valence-corrected chi connectivity index (χ1v) is 10.7. The summed E-state index contributed by atoms with van der Waals surface area (Å²) in [5.41, 5.74) is -0.108. The van der Waals surface area contributed by atoms with E-state index in [-0.39, 0.29) is 29.3 Å². The normalized spacial score (nSPS) is 14.3. The molecule has 1 aromatic carbocycles. The molecule has 0 spiro atoms. The van der Waals surface area contributed by atoms with Crippen molar-refractivity contribution in [3.63, 3.8) is 0 Å². The minimum atomic E-state index is -4.53. The zero-order valence-corrected chi connectivity index (χ0v) is 18.3. The van der Waals surface area contributed by atoms with E-state index in [1.807, 2.05) is 18.7 Å². The number of halogens is 4. The van der Waals surface area contributed by atoms with E-state index in [0.717, 1.165) is 28.8 Å². The highest BCUT2D eigenvalue weighted by Crippen LogP contribution is 2.34. The van der Waals surface area contributed by atoms with Gasteiger partial charge in [-0.25, -0.2) is 9.78 Å². The Balaban J connectivity index is 1.59. The lowest BCUT2D eigenvalue weighted by Crippen LogP contribution is -2.36. The highest BCUT2D eigenvalue weighted by molar-refractivity contribution is 7.15. The van der Waals surface area contributed by atoms with Crippen LogP contribution in [0.4, 0.5) is 28.8 Å². The Morgan fingerprint density at radius 1 is 1.29 bits per heavy atom. The van der Waals surface area contributed by atoms with Crippen LogP contribution in [-0.4, -0.2) is 41.0 Å². The summed E-state index contributed by atoms with van der Waals surface area (Å²) in [7, 11) is 0. The predicted molar refractivity (Wildman–Crippen MR) is 113 cm³/mol. The second-order valence-corrected chi connectivity index (χ2v) is 8.83. The molecular formula is C19H21ClF3N5O2S. The summed E-state index contributed by atoms with van der Waals surface area (Å²) in [6.07, 6.45) is -3.94. The second-order valence-electron chi connectivity index (χ2n) is 7.34. The van der Waals surface area contributed by atoms with Crippen molar-refractivity contribution in [2.75, 3.05) is 23.7 Å². The van der Waals surface area contributed by atoms with Crippen molar-refractivity contribution in [2.24, 2.45) is 0 Å². The van der Waals surface area contributed by atoms with E-state index in [9.17, 15) is 22.8 Å². The summed E-state index contributed by atoms with van der Waals surface area (Å²) in [6.45, 7) is 4.69. The molecule has 0 fully saturated rings. The van der Waals surface area contributed by atoms with Crippen LogP contribution >= 0.6 is 22.9 Å². The van der Waals surface area contributed by atoms with Gasteiger partial charge in [0.2, 0.25) is 5.91 Å². The third-order valence-electron chi connectivity index (χ3n) is 4.39. The molecule has 2 heterocycles. The van der Waals surface area contributed by atoms with Gasteiger partial charge in [-0.3, -0.25) is 15.0 Å². The maximum absolute atomic E-state index is 12.9. The monoisotopic (exact) mass is 475 g/mol. The number of thiazole rings is 1. The number of aromatic nitrogens is 1. The van der Waals surface area contributed by atoms with Gasteiger partial charge >= 0.3 is 12.2 Å². The van der Waals surface area contributed by atoms with E-state index in [1.165, 1.54) is 11.3 Å². The maximum Gasteiger partial charge on any atom is 0.416 e. The first-order chi connectivity index (χ1) is 14.5. The zero-order chi connectivity index (χ0) is 22.8. The molecule has 0 bridgehead atoms. The SMILES string of the molecule is CC(C)NC(=O)Nc1nc2c(s1)CN(CC(=O)Nc1cc(C(F)(F)F)ccc1Cl)CC2. The Hall–Kier alpha value is -2.37. The number of carbonyl (C=O) groups is 2. The number of hydrogen-bond donors (Lipinski definition) is 3. The number of rotatable bonds is 5. The third kappa shape index (κ3) is 6.31. The van der Waals surface area contributed by atoms with Gasteiger partial charge in [-0.2, -0.15) is 13.2 Å². The van der Waals surface area contributed by atoms with Crippen molar-refractivity contribution in [3.05, 3.63) is 39.4 Å². The number of urea groups is 1. The van der Waals surface area contributed by atoms with Gasteiger partial charge in [0.1, 0.15) is 0 Å². The lowest BCUT2D eigenvalue weighted by atomic mass is 10.1. The maximum atomic E-state index is 12.9. The second kappa shape index (κ2) is 9.41. The minimum Gasteiger partial charge on any atom is -0.336 e. The molecule has 1 aliphatic rings. The van der Waals surface area contributed by atoms with Gasteiger partial charge in [0.25, 0.3) is 0 Å². The van der Waals surface area contributed by atoms with Crippen LogP contribution in [0.5, 0.6) is 0 Å². The Labute approximate surface area is 186 Å². The van der Waals surface area contributed by atoms with E-state index in [2.05, 4.69) is 20.9 Å². The molecular weight excluding hydrogens is 455 g/mol. The van der Waals surface area contributed by atoms with Gasteiger partial charge in [0.05, 0.1) is 28.5 Å². The molecule has 12 heteroatoms. The van der Waals surface area contributed by atoms with Gasteiger partial charge in [-0.1, -0.05) is 11.6 Å². The number of anilines is 2. The molecule has 2 aromatic rings. The van der Waals surface area contributed by atoms with Gasteiger partial charge in [-0.15, -0.1) is 11.3 Å². The quantitative estimate of drug-likeness (QED) is 0.600. The van der Waals surface area contributed by atoms with Crippen molar-refractivity contribution in [3.8, 4) is 0 Å². The molecule has 1 aromatic heterocycles. The van der Waals surface area contributed by atoms with Gasteiger partial charge in [-0.05, 0) is 32.0 Å². The van der Waals surface area contributed by atoms with Crippen molar-refractivity contribution in [1.29, 1.82) is 0 Å². The molecule has 3 N–H and O–H groups in total. The van der Waals surface area contributed by atoms with Gasteiger partial charge in [0, 0.05) is 30.4 Å². The molecule has 0 radical (unpaired) electrons. The van der Waals surface area contributed by atoms with Crippen LogP contribution in [0.1, 0.15) is 30.0 Å². The molecule has 1 aliphatic heterocycles. The van der Waals surface area contributed by atoms with Crippen LogP contribution in [0.15, 0.2) is 18.2 Å². The molecule has 0 aliphatic carbocycles. The lowest BCUT2D eigenvalue weighted by Gasteiger charge is -2.25. The van der Waals surface area contributed by atoms with Gasteiger partial charge in [0.15, 0.2) is 5.13 Å². The van der Waals surface area contributed by atoms with Crippen LogP contribution in [0.2, 0.25) is 5.02 Å². The first-order valence-electron chi connectivity index (χ1n) is 9.46. The van der Waals surface area contributed by atoms with Crippen LogP contribution in [0, 0.1) is 0 Å². The standard InChI is InChI=1S/C19H21ClF3N5O2S/c1-10(2)24-17(30)27-18-26-13-5-6-28(8-15(13)31-18)9-16(29)25-14-7-11(19(21,22)23)3-4-12(14)20/h3-4,7,10H,5-6,8-9H2,1-2H3,(H,25,29)(H2,24,26,27,30). The molecule has 0 saturated carbocycles. The number of alkyl halides is 3. The molecule has 0 atom stereocenters. The number of hydrogen-bond acceptors (Lipinski definition) is 5. The highest BCUT2D eigenvalue weighted by atomic mass is 35.5. The van der Waals surface area contributed by atoms with E-state index >= 15 is 0 Å². The average molecular weight is 476 g/mol. The first kappa shape index (κ1) is 23.3. The van der Waals surface area contributed by atoms with Crippen LogP contribution < -0.4 is 16.0 Å². The number of carbonyl (C=O) groups excluding carboxylic acids is 2. The predicted octanol–water partition coefficient (Wildman–Crippen LogP) is 4.34. The number of nitrogens with one attached hydrogen (secondary N) is 3. The summed E-state index contributed by atoms with van der Waals surface area (Å²) in [6, 6.07) is 2.44. The number of amides is 3. The largest absolute Gasteiger partial charge is 0.416 e. The van der Waals surface area contributed by atoms with E-state index in [0.29, 0.717) is 24.6 Å². The molecule has 3 rings (SSSR count). The topological polar surface area (TPSA) is 86.4 Å². The number of benzene rings is 1. The third-order valence-corrected chi connectivity index (χ3v) is 5.71. The van der Waals surface area contributed by atoms with Crippen LogP contribution in [0.3, 0.4) is 0 Å². The van der Waals surface area contributed by atoms with Crippen LogP contribution in [-0.2, 0) is 23.9 Å². The fourth-order valence-corrected chi connectivity index (χ4v) is 4.23. The summed E-state index contributed by atoms with van der Waals surface area (Å²) < 4.78 is 38.7. The smallest absolute Gasteiger partial charge is 0.336 e. The number of nitrogens with zero attached hydrogens (tertiary/aromatic N) is 2. The Morgan fingerprint density at radius 3 is 2.71 bits per heavy atom. The summed E-state index contributed by atoms with van der Waals surface area (Å²) in [5.74, 6) is -0.469. The lowest BCUT2D eigenvalue weighted by molar-refractivity contribution is -0.137. The summed E-state index contributed by atoms with van der Waals surface area (Å²) in [5, 5.41) is 8.37. The molecule has 31 heavy (non-hydrogen) atoms. The molecule has 0 saturated heterocycles. The fraction of sp³-hybridized carbons (Fsp3) is 0.421. The molecule has 3 amide bonds. The highest BCUT2D eigenvalue weighted by Gasteiger charge is 2.31. The van der Waals surface area contributed by atoms with E-state index in [4.69, 9.17) is 11.6 Å². The molecule has 7 nitrogen and oxygen atoms in total. The Bertz CT molecular complexity index is 980. The zero-order valence-electron chi connectivity index (χ0n) is 16.8. The van der Waals surface area contributed by atoms with Crippen molar-refractivity contribution in [2.45, 2.75) is 39.0 Å². The van der Waals surface area contributed by atoms with E-state index < -0.39 is 17.6 Å². The number of fused-ring (bicyclic) bond motifs is 1. The minimum absolute atomic E-state index is 0.00563. The van der Waals surface area contributed by atoms with E-state index in [1.54, 1.807) is 0 Å². The summed E-state index contributed by atoms with van der Waals surface area (Å²) >= 11 is 7.26. The fourth-order valence-electron chi connectivity index (χ4n) is 3.02. The van der Waals surface area contributed by atoms with Crippen molar-refractivity contribution in [1.82, 2.24) is 15.2 Å². The van der Waals surface area contributed by atoms with Crippen molar-refractivity contribution >= 4 is 45.7 Å². The Morgan fingerprint density at radius 2 is 2.03 bits per heavy atom.